The standard InChI is InChI=1S/C23H22ClF2N3O4S/c24-14-3-5-15(6-4-14)27-20(30)12-19-21(31)29(13-18-2-1-11-32-18)23(34-19)28-16-7-9-17(10-8-16)33-22(25)26/h3-10,18-19,22H,1-2,11-13H2,(H,27,30). The van der Waals surface area contributed by atoms with Gasteiger partial charge in [0.15, 0.2) is 5.17 Å². The summed E-state index contributed by atoms with van der Waals surface area (Å²) in [6.07, 6.45) is 1.63. The summed E-state index contributed by atoms with van der Waals surface area (Å²) in [5.41, 5.74) is 1.06. The molecule has 2 atom stereocenters. The van der Waals surface area contributed by atoms with Crippen molar-refractivity contribution in [3.8, 4) is 5.75 Å². The van der Waals surface area contributed by atoms with E-state index < -0.39 is 11.9 Å². The summed E-state index contributed by atoms with van der Waals surface area (Å²) in [6, 6.07) is 12.5. The van der Waals surface area contributed by atoms with E-state index in [1.807, 2.05) is 0 Å². The molecule has 2 aliphatic heterocycles. The molecule has 0 aliphatic carbocycles. The molecule has 2 saturated heterocycles. The van der Waals surface area contributed by atoms with Crippen molar-refractivity contribution < 1.29 is 27.8 Å². The Labute approximate surface area is 204 Å². The van der Waals surface area contributed by atoms with Gasteiger partial charge in [-0.25, -0.2) is 4.99 Å². The molecule has 0 saturated carbocycles. The van der Waals surface area contributed by atoms with Crippen molar-refractivity contribution in [2.45, 2.75) is 37.2 Å². The minimum absolute atomic E-state index is 0.0158. The maximum atomic E-state index is 13.2. The molecule has 2 fully saturated rings. The van der Waals surface area contributed by atoms with E-state index in [1.165, 1.54) is 36.0 Å². The van der Waals surface area contributed by atoms with Crippen LogP contribution in [0.4, 0.5) is 20.2 Å². The van der Waals surface area contributed by atoms with E-state index in [1.54, 1.807) is 29.2 Å². The Morgan fingerprint density at radius 1 is 1.24 bits per heavy atom. The van der Waals surface area contributed by atoms with Crippen LogP contribution < -0.4 is 10.1 Å². The normalized spacial score (nSPS) is 21.5. The second-order valence-corrected chi connectivity index (χ2v) is 9.32. The van der Waals surface area contributed by atoms with Crippen LogP contribution in [0, 0.1) is 0 Å². The molecule has 180 valence electrons. The quantitative estimate of drug-likeness (QED) is 0.536. The highest BCUT2D eigenvalue weighted by Gasteiger charge is 2.40. The number of benzene rings is 2. The van der Waals surface area contributed by atoms with Crippen molar-refractivity contribution in [2.24, 2.45) is 4.99 Å². The van der Waals surface area contributed by atoms with E-state index in [0.717, 1.165) is 12.8 Å². The van der Waals surface area contributed by atoms with E-state index in [4.69, 9.17) is 16.3 Å². The Hall–Kier alpha value is -2.69. The van der Waals surface area contributed by atoms with Gasteiger partial charge in [-0.1, -0.05) is 23.4 Å². The largest absolute Gasteiger partial charge is 0.435 e. The van der Waals surface area contributed by atoms with Crippen LogP contribution >= 0.6 is 23.4 Å². The molecule has 4 rings (SSSR count). The van der Waals surface area contributed by atoms with Gasteiger partial charge in [0.2, 0.25) is 11.8 Å². The first-order chi connectivity index (χ1) is 16.4. The van der Waals surface area contributed by atoms with Crippen LogP contribution in [-0.2, 0) is 14.3 Å². The number of rotatable bonds is 8. The van der Waals surface area contributed by atoms with Crippen molar-refractivity contribution in [2.75, 3.05) is 18.5 Å². The highest BCUT2D eigenvalue weighted by Crippen LogP contribution is 2.33. The molecular weight excluding hydrogens is 488 g/mol. The Balaban J connectivity index is 1.48. The number of amides is 2. The molecule has 2 aromatic carbocycles. The highest BCUT2D eigenvalue weighted by atomic mass is 35.5. The maximum absolute atomic E-state index is 13.2. The highest BCUT2D eigenvalue weighted by molar-refractivity contribution is 8.15. The number of halogens is 3. The third-order valence-electron chi connectivity index (χ3n) is 5.22. The number of amidine groups is 1. The van der Waals surface area contributed by atoms with E-state index >= 15 is 0 Å². The maximum Gasteiger partial charge on any atom is 0.387 e. The number of alkyl halides is 2. The fraction of sp³-hybridized carbons (Fsp3) is 0.348. The smallest absolute Gasteiger partial charge is 0.387 e. The molecule has 2 aliphatic rings. The number of nitrogens with zero attached hydrogens (tertiary/aromatic N) is 2. The zero-order valence-electron chi connectivity index (χ0n) is 18.0. The summed E-state index contributed by atoms with van der Waals surface area (Å²) in [4.78, 5) is 31.8. The van der Waals surface area contributed by atoms with Crippen molar-refractivity contribution >= 4 is 51.7 Å². The van der Waals surface area contributed by atoms with Crippen LogP contribution in [0.1, 0.15) is 19.3 Å². The molecule has 2 aromatic rings. The SMILES string of the molecule is O=C(CC1SC(=Nc2ccc(OC(F)F)cc2)N(CC2CCCO2)C1=O)Nc1ccc(Cl)cc1. The first kappa shape index (κ1) is 24.4. The molecule has 7 nitrogen and oxygen atoms in total. The van der Waals surface area contributed by atoms with Gasteiger partial charge in [0.1, 0.15) is 11.0 Å². The van der Waals surface area contributed by atoms with Gasteiger partial charge in [0.05, 0.1) is 18.3 Å². The summed E-state index contributed by atoms with van der Waals surface area (Å²) in [5.74, 6) is -0.509. The minimum atomic E-state index is -2.91. The molecule has 0 bridgehead atoms. The summed E-state index contributed by atoms with van der Waals surface area (Å²) in [6.45, 7) is -1.93. The van der Waals surface area contributed by atoms with Gasteiger partial charge in [-0.2, -0.15) is 8.78 Å². The monoisotopic (exact) mass is 509 g/mol. The van der Waals surface area contributed by atoms with Crippen molar-refractivity contribution in [1.29, 1.82) is 0 Å². The number of aliphatic imine (C=N–C) groups is 1. The molecule has 0 radical (unpaired) electrons. The molecule has 11 heteroatoms. The molecule has 0 spiro atoms. The van der Waals surface area contributed by atoms with Crippen LogP contribution in [0.15, 0.2) is 53.5 Å². The Morgan fingerprint density at radius 2 is 1.97 bits per heavy atom. The van der Waals surface area contributed by atoms with Gasteiger partial charge in [0.25, 0.3) is 0 Å². The number of hydrogen-bond donors (Lipinski definition) is 1. The predicted molar refractivity (Wildman–Crippen MR) is 127 cm³/mol. The second kappa shape index (κ2) is 11.2. The van der Waals surface area contributed by atoms with Gasteiger partial charge in [0, 0.05) is 23.7 Å². The van der Waals surface area contributed by atoms with Crippen LogP contribution in [0.5, 0.6) is 5.75 Å². The Kier molecular flexibility index (Phi) is 8.02. The molecule has 2 amide bonds. The van der Waals surface area contributed by atoms with Crippen molar-refractivity contribution in [1.82, 2.24) is 4.90 Å². The average molecular weight is 510 g/mol. The fourth-order valence-electron chi connectivity index (χ4n) is 3.61. The number of hydrogen-bond acceptors (Lipinski definition) is 6. The lowest BCUT2D eigenvalue weighted by molar-refractivity contribution is -0.129. The first-order valence-corrected chi connectivity index (χ1v) is 11.9. The van der Waals surface area contributed by atoms with Crippen molar-refractivity contribution in [3.05, 3.63) is 53.6 Å². The number of carbonyl (C=O) groups is 2. The molecule has 2 unspecified atom stereocenters. The topological polar surface area (TPSA) is 80.2 Å². The lowest BCUT2D eigenvalue weighted by Gasteiger charge is -2.20. The number of carbonyl (C=O) groups excluding carboxylic acids is 2. The average Bonchev–Trinajstić information content (AvgIpc) is 3.41. The zero-order chi connectivity index (χ0) is 24.1. The predicted octanol–water partition coefficient (Wildman–Crippen LogP) is 5.08. The van der Waals surface area contributed by atoms with E-state index in [0.29, 0.717) is 34.7 Å². The Bertz CT molecular complexity index is 1050. The fourth-order valence-corrected chi connectivity index (χ4v) is 4.90. The van der Waals surface area contributed by atoms with Crippen LogP contribution in [0.2, 0.25) is 5.02 Å². The molecule has 1 N–H and O–H groups in total. The molecule has 34 heavy (non-hydrogen) atoms. The second-order valence-electron chi connectivity index (χ2n) is 7.72. The number of anilines is 1. The van der Waals surface area contributed by atoms with Gasteiger partial charge >= 0.3 is 6.61 Å². The minimum Gasteiger partial charge on any atom is -0.435 e. The number of thioether (sulfide) groups is 1. The van der Waals surface area contributed by atoms with Gasteiger partial charge < -0.3 is 14.8 Å². The van der Waals surface area contributed by atoms with E-state index in [9.17, 15) is 18.4 Å². The molecular formula is C23H22ClF2N3O4S. The summed E-state index contributed by atoms with van der Waals surface area (Å²) < 4.78 is 34.8. The summed E-state index contributed by atoms with van der Waals surface area (Å²) >= 11 is 7.07. The zero-order valence-corrected chi connectivity index (χ0v) is 19.5. The third kappa shape index (κ3) is 6.46. The molecule has 0 aromatic heterocycles. The van der Waals surface area contributed by atoms with Crippen molar-refractivity contribution in [3.63, 3.8) is 0 Å². The van der Waals surface area contributed by atoms with E-state index in [-0.39, 0.29) is 30.1 Å². The van der Waals surface area contributed by atoms with Crippen LogP contribution in [0.25, 0.3) is 0 Å². The molecule has 2 heterocycles. The van der Waals surface area contributed by atoms with Gasteiger partial charge in [-0.15, -0.1) is 0 Å². The lowest BCUT2D eigenvalue weighted by Crippen LogP contribution is -2.38. The third-order valence-corrected chi connectivity index (χ3v) is 6.64. The summed E-state index contributed by atoms with van der Waals surface area (Å²) in [5, 5.41) is 3.12. The van der Waals surface area contributed by atoms with Crippen LogP contribution in [0.3, 0.4) is 0 Å². The number of ether oxygens (including phenoxy) is 2. The Morgan fingerprint density at radius 3 is 2.62 bits per heavy atom. The van der Waals surface area contributed by atoms with Gasteiger partial charge in [-0.3, -0.25) is 14.5 Å². The van der Waals surface area contributed by atoms with Crippen LogP contribution in [-0.4, -0.2) is 53.0 Å². The number of nitrogens with one attached hydrogen (secondary N) is 1. The van der Waals surface area contributed by atoms with Gasteiger partial charge in [-0.05, 0) is 61.4 Å². The first-order valence-electron chi connectivity index (χ1n) is 10.7. The summed E-state index contributed by atoms with van der Waals surface area (Å²) in [7, 11) is 0. The van der Waals surface area contributed by atoms with E-state index in [2.05, 4.69) is 15.0 Å². The lowest BCUT2D eigenvalue weighted by atomic mass is 10.2.